The summed E-state index contributed by atoms with van der Waals surface area (Å²) in [5.41, 5.74) is 5.73. The van der Waals surface area contributed by atoms with Gasteiger partial charge in [0.1, 0.15) is 41.8 Å². The fourth-order valence-electron chi connectivity index (χ4n) is 5.10. The number of benzene rings is 3. The number of unbranched alkanes of at least 4 members (excludes halogenated alkanes) is 2. The number of nitrogens with two attached hydrogens (primary N) is 1. The summed E-state index contributed by atoms with van der Waals surface area (Å²) in [4.78, 5) is 48.4. The molecule has 0 aliphatic heterocycles. The third-order valence-corrected chi connectivity index (χ3v) is 14.6. The first kappa shape index (κ1) is 41.3. The second-order valence-electron chi connectivity index (χ2n) is 10.8. The highest BCUT2D eigenvalue weighted by atomic mass is 79.9. The van der Waals surface area contributed by atoms with Crippen molar-refractivity contribution in [2.24, 2.45) is 5.73 Å². The highest BCUT2D eigenvalue weighted by Crippen LogP contribution is 2.56. The van der Waals surface area contributed by atoms with E-state index in [9.17, 15) is 19.2 Å². The lowest BCUT2D eigenvalue weighted by Gasteiger charge is -2.27. The van der Waals surface area contributed by atoms with E-state index in [1.54, 1.807) is 10.8 Å². The Labute approximate surface area is 302 Å². The molecule has 260 valence electrons. The molecule has 0 aliphatic rings. The Morgan fingerprint density at radius 3 is 1.81 bits per heavy atom. The maximum Gasteiger partial charge on any atom is 0.325 e. The topological polar surface area (TPSA) is 137 Å². The lowest BCUT2D eigenvalue weighted by atomic mass is 10.1. The van der Waals surface area contributed by atoms with Crippen LogP contribution in [-0.4, -0.2) is 74.3 Å². The summed E-state index contributed by atoms with van der Waals surface area (Å²) in [5, 5.41) is 9.36. The molecule has 0 saturated carbocycles. The van der Waals surface area contributed by atoms with Crippen molar-refractivity contribution in [3.63, 3.8) is 0 Å². The van der Waals surface area contributed by atoms with Gasteiger partial charge >= 0.3 is 11.9 Å². The summed E-state index contributed by atoms with van der Waals surface area (Å²) in [7, 11) is 3.75. The molecule has 3 rings (SSSR count). The number of carbonyl (C=O) groups excluding carboxylic acids is 4. The monoisotopic (exact) mass is 777 g/mol. The molecule has 0 radical (unpaired) electrons. The Hall–Kier alpha value is -2.89. The first-order chi connectivity index (χ1) is 22.8. The van der Waals surface area contributed by atoms with Crippen molar-refractivity contribution in [1.82, 2.24) is 10.6 Å². The van der Waals surface area contributed by atoms with E-state index in [2.05, 4.69) is 111 Å². The van der Waals surface area contributed by atoms with Crippen molar-refractivity contribution in [2.75, 3.05) is 38.4 Å². The number of ether oxygens (including phenoxy) is 2. The van der Waals surface area contributed by atoms with E-state index < -0.39 is 43.1 Å². The Morgan fingerprint density at radius 1 is 0.771 bits per heavy atom. The fraction of sp³-hybridized carbons (Fsp3) is 0.371. The van der Waals surface area contributed by atoms with Crippen LogP contribution >= 0.6 is 28.9 Å². The van der Waals surface area contributed by atoms with Crippen molar-refractivity contribution in [2.45, 2.75) is 44.2 Å². The Bertz CT molecular complexity index is 1310. The van der Waals surface area contributed by atoms with Crippen LogP contribution in [0.5, 0.6) is 0 Å². The molecule has 0 aromatic heterocycles. The standard InChI is InChI=1S/C35H44N3O6PS2.BrH/c1-43-33(40)25-37-34(41)31(38-32(39)22-21-30(36)35(42)44-2)26-47-46-24-14-6-13-23-45(27-15-7-3-8-16-27,28-17-9-4-10-18-28)29-19-11-5-12-20-29;/h3-5,7-12,15-20,30-31H,6,13-14,21-26,36H2,1-2H3,(H-,37,38,39,41);1H/t30-,31-;/m0./s1. The Kier molecular flexibility index (Phi) is 19.5. The van der Waals surface area contributed by atoms with Crippen LogP contribution in [0.2, 0.25) is 0 Å². The van der Waals surface area contributed by atoms with Crippen molar-refractivity contribution < 1.29 is 45.6 Å². The van der Waals surface area contributed by atoms with Crippen LogP contribution in [0, 0.1) is 0 Å². The molecular weight excluding hydrogens is 733 g/mol. The summed E-state index contributed by atoms with van der Waals surface area (Å²) in [5.74, 6) is -0.918. The van der Waals surface area contributed by atoms with E-state index in [-0.39, 0.29) is 36.4 Å². The van der Waals surface area contributed by atoms with Crippen LogP contribution in [0.25, 0.3) is 0 Å². The van der Waals surface area contributed by atoms with Crippen LogP contribution in [0.3, 0.4) is 0 Å². The van der Waals surface area contributed by atoms with E-state index in [4.69, 9.17) is 5.73 Å². The van der Waals surface area contributed by atoms with Crippen LogP contribution in [0.15, 0.2) is 91.0 Å². The number of rotatable bonds is 20. The van der Waals surface area contributed by atoms with Crippen LogP contribution in [-0.2, 0) is 28.7 Å². The Balaban J connectivity index is 0.00000800. The number of hydrogen-bond donors (Lipinski definition) is 3. The summed E-state index contributed by atoms with van der Waals surface area (Å²) in [6.07, 6.45) is 4.24. The molecule has 2 amide bonds. The van der Waals surface area contributed by atoms with Gasteiger partial charge in [0.25, 0.3) is 0 Å². The minimum atomic E-state index is -1.85. The molecule has 0 saturated heterocycles. The van der Waals surface area contributed by atoms with E-state index in [1.807, 2.05) is 0 Å². The van der Waals surface area contributed by atoms with Gasteiger partial charge in [0, 0.05) is 17.9 Å². The third kappa shape index (κ3) is 12.9. The molecule has 13 heteroatoms. The average Bonchev–Trinajstić information content (AvgIpc) is 3.12. The van der Waals surface area contributed by atoms with Gasteiger partial charge in [-0.15, -0.1) is 0 Å². The second-order valence-corrected chi connectivity index (χ2v) is 17.0. The molecule has 0 unspecified atom stereocenters. The van der Waals surface area contributed by atoms with Gasteiger partial charge in [0.05, 0.1) is 20.4 Å². The molecule has 48 heavy (non-hydrogen) atoms. The predicted octanol–water partition coefficient (Wildman–Crippen LogP) is 0.591. The molecule has 3 aromatic carbocycles. The molecule has 0 bridgehead atoms. The van der Waals surface area contributed by atoms with Crippen LogP contribution in [0.4, 0.5) is 0 Å². The smallest absolute Gasteiger partial charge is 0.325 e. The molecule has 0 heterocycles. The number of hydrogen-bond acceptors (Lipinski definition) is 9. The molecule has 3 aromatic rings. The molecule has 9 nitrogen and oxygen atoms in total. The van der Waals surface area contributed by atoms with Crippen LogP contribution in [0.1, 0.15) is 32.1 Å². The summed E-state index contributed by atoms with van der Waals surface area (Å²) < 4.78 is 9.19. The van der Waals surface area contributed by atoms with Gasteiger partial charge in [-0.2, -0.15) is 0 Å². The lowest BCUT2D eigenvalue weighted by molar-refractivity contribution is -0.142. The molecule has 0 aliphatic carbocycles. The van der Waals surface area contributed by atoms with Crippen molar-refractivity contribution in [1.29, 1.82) is 0 Å². The molecule has 2 atom stereocenters. The van der Waals surface area contributed by atoms with Gasteiger partial charge in [-0.05, 0) is 62.1 Å². The summed E-state index contributed by atoms with van der Waals surface area (Å²) in [6, 6.07) is 30.8. The number of halogens is 1. The Morgan fingerprint density at radius 2 is 1.31 bits per heavy atom. The predicted molar refractivity (Wildman–Crippen MR) is 195 cm³/mol. The molecule has 4 N–H and O–H groups in total. The molecule has 0 fully saturated rings. The van der Waals surface area contributed by atoms with Crippen molar-refractivity contribution >= 4 is 68.5 Å². The lowest BCUT2D eigenvalue weighted by Crippen LogP contribution is -3.00. The average molecular weight is 779 g/mol. The highest BCUT2D eigenvalue weighted by Gasteiger charge is 2.44. The van der Waals surface area contributed by atoms with Gasteiger partial charge in [0.15, 0.2) is 0 Å². The van der Waals surface area contributed by atoms with Crippen LogP contribution < -0.4 is 49.3 Å². The minimum Gasteiger partial charge on any atom is -1.00 e. The zero-order chi connectivity index (χ0) is 33.9. The van der Waals surface area contributed by atoms with Gasteiger partial charge in [-0.3, -0.25) is 19.2 Å². The van der Waals surface area contributed by atoms with Gasteiger partial charge in [0.2, 0.25) is 11.8 Å². The SMILES string of the molecule is COC(=O)CNC(=O)[C@H](CSSCCCCC[P+](c1ccccc1)(c1ccccc1)c1ccccc1)NC(=O)CC[C@H](N)C(=O)OC.[Br-]. The van der Waals surface area contributed by atoms with Crippen molar-refractivity contribution in [3.05, 3.63) is 91.0 Å². The van der Waals surface area contributed by atoms with E-state index >= 15 is 0 Å². The number of methoxy groups -OCH3 is 2. The number of esters is 2. The summed E-state index contributed by atoms with van der Waals surface area (Å²) >= 11 is 0. The largest absolute Gasteiger partial charge is 1.00 e. The highest BCUT2D eigenvalue weighted by molar-refractivity contribution is 8.76. The second kappa shape index (κ2) is 22.7. The number of carbonyl (C=O) groups is 4. The molecular formula is C35H45BrN3O6PS2. The summed E-state index contributed by atoms with van der Waals surface area (Å²) in [6.45, 7) is -0.300. The quantitative estimate of drug-likeness (QED) is 0.0653. The first-order valence-electron chi connectivity index (χ1n) is 15.6. The minimum absolute atomic E-state index is 0. The van der Waals surface area contributed by atoms with Gasteiger partial charge < -0.3 is 42.8 Å². The van der Waals surface area contributed by atoms with Gasteiger partial charge in [-0.25, -0.2) is 0 Å². The van der Waals surface area contributed by atoms with Gasteiger partial charge in [-0.1, -0.05) is 76.2 Å². The zero-order valence-corrected chi connectivity index (χ0v) is 31.5. The van der Waals surface area contributed by atoms with E-state index in [0.29, 0.717) is 5.75 Å². The van der Waals surface area contributed by atoms with E-state index in [0.717, 1.165) is 31.2 Å². The first-order valence-corrected chi connectivity index (χ1v) is 20.0. The zero-order valence-electron chi connectivity index (χ0n) is 27.3. The fourth-order valence-corrected chi connectivity index (χ4v) is 11.8. The third-order valence-electron chi connectivity index (χ3n) is 7.60. The number of nitrogens with one attached hydrogen (secondary N) is 2. The maximum absolute atomic E-state index is 12.8. The molecule has 0 spiro atoms. The maximum atomic E-state index is 12.8. The van der Waals surface area contributed by atoms with Crippen molar-refractivity contribution in [3.8, 4) is 0 Å². The van der Waals surface area contributed by atoms with E-state index in [1.165, 1.54) is 40.9 Å². The normalized spacial score (nSPS) is 12.1. The number of amides is 2.